The van der Waals surface area contributed by atoms with Crippen LogP contribution < -0.4 is 0 Å². The summed E-state index contributed by atoms with van der Waals surface area (Å²) < 4.78 is 10.2. The fourth-order valence-electron chi connectivity index (χ4n) is 0.902. The first-order valence-electron chi connectivity index (χ1n) is 3.91. The molecule has 11 heavy (non-hydrogen) atoms. The fraction of sp³-hybridized carbons (Fsp3) is 1.00. The van der Waals surface area contributed by atoms with Crippen LogP contribution in [0.2, 0.25) is 0 Å². The molecule has 0 radical (unpaired) electrons. The van der Waals surface area contributed by atoms with Crippen LogP contribution >= 0.6 is 0 Å². The van der Waals surface area contributed by atoms with E-state index in [1.54, 1.807) is 0 Å². The highest BCUT2D eigenvalue weighted by molar-refractivity contribution is 4.49. The zero-order chi connectivity index (χ0) is 9.07. The zero-order valence-corrected chi connectivity index (χ0v) is 7.92. The van der Waals surface area contributed by atoms with Crippen molar-refractivity contribution in [2.45, 2.75) is 52.8 Å². The molecule has 0 saturated carbocycles. The first kappa shape index (κ1) is 10.9. The minimum absolute atomic E-state index is 0.0382. The molecule has 0 heterocycles. The van der Waals surface area contributed by atoms with Gasteiger partial charge in [-0.15, -0.1) is 0 Å². The number of hydrogen-bond donors (Lipinski definition) is 1. The SMILES string of the molecule is CC(C)OC(C)(O)OC(C)C. The van der Waals surface area contributed by atoms with E-state index in [1.165, 1.54) is 6.92 Å². The standard InChI is InChI=1S/C8H18O3/c1-6(2)10-8(5,9)11-7(3)4/h6-7,9H,1-5H3. The normalized spacial score (nSPS) is 13.1. The van der Waals surface area contributed by atoms with E-state index in [9.17, 15) is 5.11 Å². The van der Waals surface area contributed by atoms with E-state index in [1.807, 2.05) is 27.7 Å². The molecule has 68 valence electrons. The molecule has 0 aromatic carbocycles. The molecule has 3 heteroatoms. The number of hydrogen-bond acceptors (Lipinski definition) is 3. The first-order valence-corrected chi connectivity index (χ1v) is 3.91. The molecule has 0 aromatic rings. The lowest BCUT2D eigenvalue weighted by Crippen LogP contribution is -2.36. The molecule has 0 rings (SSSR count). The molecule has 0 fully saturated rings. The van der Waals surface area contributed by atoms with E-state index in [4.69, 9.17) is 9.47 Å². The molecule has 0 aliphatic rings. The van der Waals surface area contributed by atoms with Gasteiger partial charge in [-0.3, -0.25) is 0 Å². The monoisotopic (exact) mass is 162 g/mol. The van der Waals surface area contributed by atoms with E-state index in [0.29, 0.717) is 0 Å². The van der Waals surface area contributed by atoms with Crippen LogP contribution in [0.4, 0.5) is 0 Å². The van der Waals surface area contributed by atoms with Gasteiger partial charge in [0.15, 0.2) is 0 Å². The summed E-state index contributed by atoms with van der Waals surface area (Å²) in [7, 11) is 0. The van der Waals surface area contributed by atoms with E-state index >= 15 is 0 Å². The summed E-state index contributed by atoms with van der Waals surface area (Å²) >= 11 is 0. The lowest BCUT2D eigenvalue weighted by Gasteiger charge is -2.27. The number of ether oxygens (including phenoxy) is 2. The Kier molecular flexibility index (Phi) is 4.00. The number of aliphatic hydroxyl groups is 1. The average Bonchev–Trinajstić information content (AvgIpc) is 1.53. The van der Waals surface area contributed by atoms with Gasteiger partial charge in [0.25, 0.3) is 5.97 Å². The summed E-state index contributed by atoms with van der Waals surface area (Å²) in [5, 5.41) is 9.41. The van der Waals surface area contributed by atoms with Crippen LogP contribution in [0.1, 0.15) is 34.6 Å². The molecular weight excluding hydrogens is 144 g/mol. The van der Waals surface area contributed by atoms with Crippen molar-refractivity contribution in [3.63, 3.8) is 0 Å². The Morgan fingerprint density at radius 1 is 1.00 bits per heavy atom. The molecule has 0 bridgehead atoms. The maximum absolute atomic E-state index is 9.41. The fourth-order valence-corrected chi connectivity index (χ4v) is 0.902. The summed E-state index contributed by atoms with van der Waals surface area (Å²) in [6.45, 7) is 8.87. The van der Waals surface area contributed by atoms with E-state index in [2.05, 4.69) is 0 Å². The maximum atomic E-state index is 9.41. The molecule has 0 aliphatic carbocycles. The smallest absolute Gasteiger partial charge is 0.277 e. The van der Waals surface area contributed by atoms with Crippen molar-refractivity contribution in [3.05, 3.63) is 0 Å². The van der Waals surface area contributed by atoms with Gasteiger partial charge in [-0.05, 0) is 27.7 Å². The Balaban J connectivity index is 3.79. The van der Waals surface area contributed by atoms with Crippen LogP contribution in [0.15, 0.2) is 0 Å². The third kappa shape index (κ3) is 6.28. The van der Waals surface area contributed by atoms with Crippen molar-refractivity contribution >= 4 is 0 Å². The third-order valence-corrected chi connectivity index (χ3v) is 0.909. The second-order valence-corrected chi connectivity index (χ2v) is 3.23. The molecule has 0 amide bonds. The van der Waals surface area contributed by atoms with Gasteiger partial charge >= 0.3 is 0 Å². The van der Waals surface area contributed by atoms with Crippen LogP contribution in [0.3, 0.4) is 0 Å². The topological polar surface area (TPSA) is 38.7 Å². The second kappa shape index (κ2) is 4.04. The van der Waals surface area contributed by atoms with Crippen molar-refractivity contribution in [3.8, 4) is 0 Å². The predicted octanol–water partition coefficient (Wildman–Crippen LogP) is 1.50. The molecule has 3 nitrogen and oxygen atoms in total. The minimum Gasteiger partial charge on any atom is -0.344 e. The summed E-state index contributed by atoms with van der Waals surface area (Å²) in [5.74, 6) is -1.46. The van der Waals surface area contributed by atoms with Crippen molar-refractivity contribution in [2.75, 3.05) is 0 Å². The second-order valence-electron chi connectivity index (χ2n) is 3.23. The van der Waals surface area contributed by atoms with Gasteiger partial charge in [0.1, 0.15) is 0 Å². The van der Waals surface area contributed by atoms with Crippen LogP contribution in [0.25, 0.3) is 0 Å². The Labute approximate surface area is 68.3 Å². The molecule has 0 unspecified atom stereocenters. The summed E-state index contributed by atoms with van der Waals surface area (Å²) in [5.41, 5.74) is 0. The van der Waals surface area contributed by atoms with Crippen molar-refractivity contribution in [1.29, 1.82) is 0 Å². The lowest BCUT2D eigenvalue weighted by molar-refractivity contribution is -0.370. The summed E-state index contributed by atoms with van der Waals surface area (Å²) in [6, 6.07) is 0. The minimum atomic E-state index is -1.46. The average molecular weight is 162 g/mol. The Bertz CT molecular complexity index is 95.9. The molecule has 0 spiro atoms. The number of rotatable bonds is 4. The Morgan fingerprint density at radius 2 is 1.27 bits per heavy atom. The molecule has 0 aliphatic heterocycles. The van der Waals surface area contributed by atoms with Crippen LogP contribution in [0.5, 0.6) is 0 Å². The van der Waals surface area contributed by atoms with Gasteiger partial charge in [-0.1, -0.05) is 0 Å². The van der Waals surface area contributed by atoms with Gasteiger partial charge in [0.05, 0.1) is 12.2 Å². The van der Waals surface area contributed by atoms with Gasteiger partial charge in [0, 0.05) is 6.92 Å². The Hall–Kier alpha value is -0.120. The van der Waals surface area contributed by atoms with Crippen molar-refractivity contribution < 1.29 is 14.6 Å². The summed E-state index contributed by atoms with van der Waals surface area (Å²) in [6.07, 6.45) is -0.0764. The molecular formula is C8H18O3. The van der Waals surface area contributed by atoms with Gasteiger partial charge in [-0.25, -0.2) is 0 Å². The van der Waals surface area contributed by atoms with Gasteiger partial charge in [-0.2, -0.15) is 0 Å². The van der Waals surface area contributed by atoms with Crippen molar-refractivity contribution in [2.24, 2.45) is 0 Å². The zero-order valence-electron chi connectivity index (χ0n) is 7.92. The van der Waals surface area contributed by atoms with E-state index < -0.39 is 5.97 Å². The summed E-state index contributed by atoms with van der Waals surface area (Å²) in [4.78, 5) is 0. The van der Waals surface area contributed by atoms with E-state index in [0.717, 1.165) is 0 Å². The molecule has 0 atom stereocenters. The Morgan fingerprint density at radius 3 is 1.45 bits per heavy atom. The van der Waals surface area contributed by atoms with Crippen LogP contribution in [0, 0.1) is 0 Å². The highest BCUT2D eigenvalue weighted by atomic mass is 16.8. The van der Waals surface area contributed by atoms with Crippen LogP contribution in [-0.4, -0.2) is 23.3 Å². The molecule has 0 aromatic heterocycles. The highest BCUT2D eigenvalue weighted by Crippen LogP contribution is 2.13. The predicted molar refractivity (Wildman–Crippen MR) is 43.1 cm³/mol. The maximum Gasteiger partial charge on any atom is 0.277 e. The largest absolute Gasteiger partial charge is 0.344 e. The lowest BCUT2D eigenvalue weighted by atomic mass is 10.4. The van der Waals surface area contributed by atoms with Crippen LogP contribution in [-0.2, 0) is 9.47 Å². The van der Waals surface area contributed by atoms with Gasteiger partial charge < -0.3 is 14.6 Å². The van der Waals surface area contributed by atoms with Crippen molar-refractivity contribution in [1.82, 2.24) is 0 Å². The quantitative estimate of drug-likeness (QED) is 0.637. The molecule has 0 saturated heterocycles. The third-order valence-electron chi connectivity index (χ3n) is 0.909. The van der Waals surface area contributed by atoms with E-state index in [-0.39, 0.29) is 12.2 Å². The first-order chi connectivity index (χ1) is 4.83. The highest BCUT2D eigenvalue weighted by Gasteiger charge is 2.24. The van der Waals surface area contributed by atoms with Gasteiger partial charge in [0.2, 0.25) is 0 Å². The molecule has 1 N–H and O–H groups in total.